The summed E-state index contributed by atoms with van der Waals surface area (Å²) in [5, 5.41) is 9.34. The molecule has 0 aliphatic carbocycles. The highest BCUT2D eigenvalue weighted by molar-refractivity contribution is 5.66. The van der Waals surface area contributed by atoms with E-state index in [2.05, 4.69) is 41.2 Å². The van der Waals surface area contributed by atoms with Gasteiger partial charge in [0.15, 0.2) is 0 Å². The number of aromatic hydroxyl groups is 1. The monoisotopic (exact) mass is 288 g/mol. The second-order valence-corrected chi connectivity index (χ2v) is 6.19. The number of rotatable bonds is 4. The Morgan fingerprint density at radius 2 is 1.57 bits per heavy atom. The van der Waals surface area contributed by atoms with Crippen molar-refractivity contribution in [2.45, 2.75) is 61.3 Å². The molecule has 0 saturated carbocycles. The zero-order valence-corrected chi connectivity index (χ0v) is 14.9. The molecule has 0 aliphatic heterocycles. The molecule has 0 aliphatic rings. The smallest absolute Gasteiger partial charge is 0.115 e. The first-order chi connectivity index (χ1) is 9.75. The molecule has 118 valence electrons. The van der Waals surface area contributed by atoms with Crippen molar-refractivity contribution in [2.24, 2.45) is 5.41 Å². The summed E-state index contributed by atoms with van der Waals surface area (Å²) in [6.07, 6.45) is 1.98. The van der Waals surface area contributed by atoms with Gasteiger partial charge in [0.2, 0.25) is 0 Å². The highest BCUT2D eigenvalue weighted by atomic mass is 16.3. The van der Waals surface area contributed by atoms with Crippen LogP contribution in [0, 0.1) is 5.41 Å². The molecule has 1 N–H and O–H groups in total. The molecule has 0 heterocycles. The number of benzene rings is 1. The van der Waals surface area contributed by atoms with Crippen LogP contribution in [0.25, 0.3) is 5.57 Å². The third kappa shape index (κ3) is 6.20. The molecule has 21 heavy (non-hydrogen) atoms. The van der Waals surface area contributed by atoms with Gasteiger partial charge in [-0.05, 0) is 48.4 Å². The third-order valence-corrected chi connectivity index (χ3v) is 3.62. The van der Waals surface area contributed by atoms with Gasteiger partial charge in [-0.3, -0.25) is 0 Å². The molecule has 0 atom stereocenters. The Kier molecular flexibility index (Phi) is 8.09. The lowest BCUT2D eigenvalue weighted by Gasteiger charge is -2.27. The van der Waals surface area contributed by atoms with Crippen LogP contribution in [-0.2, 0) is 0 Å². The summed E-state index contributed by atoms with van der Waals surface area (Å²) in [5.41, 5.74) is 5.29. The van der Waals surface area contributed by atoms with Crippen LogP contribution in [0.5, 0.6) is 5.75 Å². The second kappa shape index (κ2) is 8.71. The van der Waals surface area contributed by atoms with Gasteiger partial charge in [-0.25, -0.2) is 0 Å². The summed E-state index contributed by atoms with van der Waals surface area (Å²) in [7, 11) is 0. The number of hydrogen-bond acceptors (Lipinski definition) is 1. The zero-order valence-electron chi connectivity index (χ0n) is 14.9. The normalized spacial score (nSPS) is 12.1. The van der Waals surface area contributed by atoms with Crippen molar-refractivity contribution in [1.82, 2.24) is 0 Å². The molecule has 1 aromatic carbocycles. The minimum atomic E-state index is 0.167. The summed E-state index contributed by atoms with van der Waals surface area (Å²) < 4.78 is 0. The average molecular weight is 288 g/mol. The molecule has 0 unspecified atom stereocenters. The fraction of sp³-hybridized carbons (Fsp3) is 0.500. The van der Waals surface area contributed by atoms with E-state index in [4.69, 9.17) is 0 Å². The van der Waals surface area contributed by atoms with Gasteiger partial charge < -0.3 is 5.11 Å². The first kappa shape index (κ1) is 19.5. The summed E-state index contributed by atoms with van der Waals surface area (Å²) in [6, 6.07) is 7.29. The maximum absolute atomic E-state index is 9.34. The van der Waals surface area contributed by atoms with Gasteiger partial charge >= 0.3 is 0 Å². The molecule has 0 amide bonds. The van der Waals surface area contributed by atoms with E-state index in [-0.39, 0.29) is 5.41 Å². The lowest BCUT2D eigenvalue weighted by atomic mass is 9.79. The summed E-state index contributed by atoms with van der Waals surface area (Å²) in [6.45, 7) is 19.4. The lowest BCUT2D eigenvalue weighted by Crippen LogP contribution is -2.12. The molecule has 0 fully saturated rings. The van der Waals surface area contributed by atoms with E-state index < -0.39 is 0 Å². The molecule has 0 bridgehead atoms. The Bertz CT molecular complexity index is 470. The minimum Gasteiger partial charge on any atom is -0.508 e. The van der Waals surface area contributed by atoms with Crippen molar-refractivity contribution in [2.75, 3.05) is 0 Å². The summed E-state index contributed by atoms with van der Waals surface area (Å²) in [4.78, 5) is 0. The number of phenols is 1. The zero-order chi connectivity index (χ0) is 16.6. The maximum atomic E-state index is 9.34. The van der Waals surface area contributed by atoms with E-state index in [1.807, 2.05) is 26.0 Å². The topological polar surface area (TPSA) is 20.2 Å². The van der Waals surface area contributed by atoms with Crippen molar-refractivity contribution in [3.8, 4) is 5.75 Å². The predicted octanol–water partition coefficient (Wildman–Crippen LogP) is 6.59. The van der Waals surface area contributed by atoms with Crippen LogP contribution in [0.2, 0.25) is 0 Å². The highest BCUT2D eigenvalue weighted by Gasteiger charge is 2.20. The van der Waals surface area contributed by atoms with E-state index in [0.29, 0.717) is 5.75 Å². The SMILES string of the molecule is C=C(C/C(=C(\C)CC)C(C)(C)C)c1ccc(O)cc1.CC. The first-order valence-electron chi connectivity index (χ1n) is 7.92. The molecular weight excluding hydrogens is 256 g/mol. The fourth-order valence-electron chi connectivity index (χ4n) is 2.28. The van der Waals surface area contributed by atoms with Gasteiger partial charge in [0.1, 0.15) is 5.75 Å². The van der Waals surface area contributed by atoms with Crippen molar-refractivity contribution >= 4 is 5.57 Å². The first-order valence-corrected chi connectivity index (χ1v) is 7.92. The molecule has 1 rings (SSSR count). The van der Waals surface area contributed by atoms with Crippen LogP contribution in [0.3, 0.4) is 0 Å². The van der Waals surface area contributed by atoms with Crippen LogP contribution >= 0.6 is 0 Å². The second-order valence-electron chi connectivity index (χ2n) is 6.19. The van der Waals surface area contributed by atoms with Crippen LogP contribution < -0.4 is 0 Å². The summed E-state index contributed by atoms with van der Waals surface area (Å²) >= 11 is 0. The average Bonchev–Trinajstić information content (AvgIpc) is 2.45. The Morgan fingerprint density at radius 1 is 1.10 bits per heavy atom. The lowest BCUT2D eigenvalue weighted by molar-refractivity contribution is 0.475. The largest absolute Gasteiger partial charge is 0.508 e. The Hall–Kier alpha value is -1.50. The van der Waals surface area contributed by atoms with E-state index >= 15 is 0 Å². The summed E-state index contributed by atoms with van der Waals surface area (Å²) in [5.74, 6) is 0.299. The highest BCUT2D eigenvalue weighted by Crippen LogP contribution is 2.36. The van der Waals surface area contributed by atoms with E-state index in [1.165, 1.54) is 11.1 Å². The third-order valence-electron chi connectivity index (χ3n) is 3.62. The molecule has 1 aromatic rings. The van der Waals surface area contributed by atoms with Crippen molar-refractivity contribution < 1.29 is 5.11 Å². The molecule has 1 nitrogen and oxygen atoms in total. The quantitative estimate of drug-likeness (QED) is 0.619. The number of phenolic OH excluding ortho intramolecular Hbond substituents is 1. The van der Waals surface area contributed by atoms with Crippen LogP contribution in [-0.4, -0.2) is 5.11 Å². The molecular formula is C20H32O. The van der Waals surface area contributed by atoms with Crippen LogP contribution in [0.15, 0.2) is 42.0 Å². The van der Waals surface area contributed by atoms with Gasteiger partial charge in [-0.15, -0.1) is 0 Å². The molecule has 0 radical (unpaired) electrons. The standard InChI is InChI=1S/C18H26O.C2H6/c1-7-13(2)17(18(4,5)6)12-14(3)15-8-10-16(19)11-9-15;1-2/h8-11,19H,3,7,12H2,1-2,4-6H3;1-2H3/b17-13-;. The number of allylic oxidation sites excluding steroid dienone is 3. The van der Waals surface area contributed by atoms with Crippen LogP contribution in [0.1, 0.15) is 66.9 Å². The van der Waals surface area contributed by atoms with E-state index in [1.54, 1.807) is 12.1 Å². The van der Waals surface area contributed by atoms with Gasteiger partial charge in [-0.2, -0.15) is 0 Å². The number of hydrogen-bond donors (Lipinski definition) is 1. The van der Waals surface area contributed by atoms with Gasteiger partial charge in [-0.1, -0.05) is 71.4 Å². The van der Waals surface area contributed by atoms with E-state index in [0.717, 1.165) is 24.0 Å². The Labute approximate surface area is 131 Å². The molecule has 1 heteroatoms. The Morgan fingerprint density at radius 3 is 1.95 bits per heavy atom. The van der Waals surface area contributed by atoms with Gasteiger partial charge in [0.05, 0.1) is 0 Å². The molecule has 0 saturated heterocycles. The molecule has 0 spiro atoms. The maximum Gasteiger partial charge on any atom is 0.115 e. The fourth-order valence-corrected chi connectivity index (χ4v) is 2.28. The van der Waals surface area contributed by atoms with Crippen molar-refractivity contribution in [3.05, 3.63) is 47.6 Å². The van der Waals surface area contributed by atoms with Crippen LogP contribution in [0.4, 0.5) is 0 Å². The van der Waals surface area contributed by atoms with E-state index in [9.17, 15) is 5.11 Å². The minimum absolute atomic E-state index is 0.167. The predicted molar refractivity (Wildman–Crippen MR) is 95.6 cm³/mol. The Balaban J connectivity index is 0.00000191. The van der Waals surface area contributed by atoms with Crippen molar-refractivity contribution in [1.29, 1.82) is 0 Å². The molecule has 0 aromatic heterocycles. The van der Waals surface area contributed by atoms with Gasteiger partial charge in [0, 0.05) is 0 Å². The van der Waals surface area contributed by atoms with Gasteiger partial charge in [0.25, 0.3) is 0 Å². The van der Waals surface area contributed by atoms with Crippen molar-refractivity contribution in [3.63, 3.8) is 0 Å².